The number of carbonyl (C=O) groups is 4. The Balaban J connectivity index is 1.13. The molecule has 0 bridgehead atoms. The molecule has 69 heavy (non-hydrogen) atoms. The zero-order valence-electron chi connectivity index (χ0n) is 34.9. The van der Waals surface area contributed by atoms with E-state index < -0.39 is 93.6 Å². The van der Waals surface area contributed by atoms with E-state index in [4.69, 9.17) is 13.9 Å². The Bertz CT molecular complexity index is 3470. The predicted octanol–water partition coefficient (Wildman–Crippen LogP) is 7.60. The number of azo groups is 2. The fourth-order valence-corrected chi connectivity index (χ4v) is 7.84. The molecule has 8 N–H and O–H groups in total. The summed E-state index contributed by atoms with van der Waals surface area (Å²) in [5.74, 6) is -7.75. The van der Waals surface area contributed by atoms with Crippen molar-refractivity contribution < 1.29 is 79.4 Å². The normalized spacial score (nSPS) is 11.8. The van der Waals surface area contributed by atoms with Crippen molar-refractivity contribution in [2.24, 2.45) is 20.5 Å². The molecule has 24 nitrogen and oxygen atoms in total. The maximum absolute atomic E-state index is 13.4. The quantitative estimate of drug-likeness (QED) is 0.0384. The number of hydrogen-bond acceptors (Lipinski definition) is 18. The van der Waals surface area contributed by atoms with E-state index in [9.17, 15) is 70.3 Å². The second-order valence-electron chi connectivity index (χ2n) is 14.2. The number of carbonyl (C=O) groups excluding carboxylic acids is 2. The van der Waals surface area contributed by atoms with Gasteiger partial charge in [-0.25, -0.2) is 9.59 Å². The van der Waals surface area contributed by atoms with Gasteiger partial charge in [-0.3, -0.25) is 23.5 Å². The second kappa shape index (κ2) is 18.6. The lowest BCUT2D eigenvalue weighted by molar-refractivity contribution is 0.0686. The van der Waals surface area contributed by atoms with E-state index in [1.54, 1.807) is 0 Å². The number of methoxy groups -OCH3 is 2. The Morgan fingerprint density at radius 3 is 1.29 bits per heavy atom. The lowest BCUT2D eigenvalue weighted by Gasteiger charge is -2.12. The number of anilines is 2. The number of ether oxygens (including phenoxy) is 2. The molecule has 0 unspecified atom stereocenters. The molecule has 0 radical (unpaired) electrons. The van der Waals surface area contributed by atoms with Gasteiger partial charge in [-0.2, -0.15) is 16.8 Å². The number of nitrogens with zero attached hydrogens (tertiary/aromatic N) is 4. The summed E-state index contributed by atoms with van der Waals surface area (Å²) in [5, 5.41) is 60.7. The summed E-state index contributed by atoms with van der Waals surface area (Å²) < 4.78 is 85.7. The van der Waals surface area contributed by atoms with Crippen LogP contribution in [0.4, 0.5) is 34.1 Å². The van der Waals surface area contributed by atoms with Gasteiger partial charge in [0.05, 0.1) is 25.3 Å². The zero-order valence-corrected chi connectivity index (χ0v) is 36.6. The van der Waals surface area contributed by atoms with Crippen LogP contribution in [-0.2, 0) is 20.2 Å². The number of carboxylic acid groups (broad SMARTS) is 2. The van der Waals surface area contributed by atoms with Crippen molar-refractivity contribution in [2.75, 3.05) is 24.9 Å². The third kappa shape index (κ3) is 10.2. The third-order valence-electron chi connectivity index (χ3n) is 9.76. The van der Waals surface area contributed by atoms with Gasteiger partial charge in [0.15, 0.2) is 28.4 Å². The van der Waals surface area contributed by atoms with E-state index in [1.807, 2.05) is 0 Å². The first-order chi connectivity index (χ1) is 32.6. The predicted molar refractivity (Wildman–Crippen MR) is 240 cm³/mol. The molecule has 1 heterocycles. The standard InChI is InChI=1S/C43H30N6O18S2/c1-65-30-13-19(42(55)56)3-9-28(30)46-48-36-34(68(59,60)61)15-21-11-23(5-7-26(21)38(36)51)44-40(53)32-17-25(50)18-33(67-32)41(54)45-24-6-8-27-22(12-24)16-35(69(62,63)64)37(39(27)52)49-47-29-10-4-20(43(57)58)14-31(29)66-2/h3-18,51-52H,1-2H3,(H,44,53)(H,45,54)(H,55,56)(H,57,58)(H,59,60,61)(H,62,63,64). The maximum Gasteiger partial charge on any atom is 0.335 e. The molecule has 0 aliphatic rings. The average Bonchev–Trinajstić information content (AvgIpc) is 3.29. The van der Waals surface area contributed by atoms with E-state index in [0.717, 1.165) is 36.4 Å². The van der Waals surface area contributed by atoms with E-state index in [0.29, 0.717) is 0 Å². The molecule has 26 heteroatoms. The summed E-state index contributed by atoms with van der Waals surface area (Å²) in [6.07, 6.45) is 0. The first kappa shape index (κ1) is 47.8. The summed E-state index contributed by atoms with van der Waals surface area (Å²) in [6, 6.07) is 17.7. The van der Waals surface area contributed by atoms with Crippen molar-refractivity contribution in [3.8, 4) is 23.0 Å². The Kier molecular flexibility index (Phi) is 12.9. The smallest absolute Gasteiger partial charge is 0.335 e. The van der Waals surface area contributed by atoms with Crippen molar-refractivity contribution in [1.82, 2.24) is 0 Å². The van der Waals surface area contributed by atoms with E-state index in [2.05, 4.69) is 31.1 Å². The molecule has 352 valence electrons. The number of phenolic OH excluding ortho intramolecular Hbond substituents is 2. The molecular weight excluding hydrogens is 953 g/mol. The summed E-state index contributed by atoms with van der Waals surface area (Å²) in [5.41, 5.74) is -2.84. The number of aromatic hydroxyl groups is 2. The SMILES string of the molecule is COc1cc(C(=O)O)ccc1N=Nc1c(S(=O)(=O)O)cc2cc(NC(=O)c3cc(=O)cc(C(=O)Nc4ccc5c(O)c(N=Nc6ccc(C(=O)O)cc6OC)c(S(=O)(=O)O)cc5c4)o3)ccc2c1O. The molecule has 7 rings (SSSR count). The Morgan fingerprint density at radius 2 is 0.942 bits per heavy atom. The highest BCUT2D eigenvalue weighted by molar-refractivity contribution is 7.86. The van der Waals surface area contributed by atoms with Gasteiger partial charge in [0.25, 0.3) is 32.1 Å². The van der Waals surface area contributed by atoms with Crippen LogP contribution in [0.25, 0.3) is 21.5 Å². The van der Waals surface area contributed by atoms with E-state index in [-0.39, 0.29) is 66.9 Å². The summed E-state index contributed by atoms with van der Waals surface area (Å²) in [6.45, 7) is 0. The van der Waals surface area contributed by atoms with Crippen molar-refractivity contribution in [2.45, 2.75) is 9.79 Å². The molecule has 0 saturated carbocycles. The van der Waals surface area contributed by atoms with Crippen LogP contribution < -0.4 is 25.5 Å². The van der Waals surface area contributed by atoms with Gasteiger partial charge in [0.1, 0.15) is 44.0 Å². The number of aromatic carboxylic acids is 2. The molecule has 0 aliphatic carbocycles. The minimum Gasteiger partial charge on any atom is -0.505 e. The van der Waals surface area contributed by atoms with Crippen LogP contribution in [0.2, 0.25) is 0 Å². The molecule has 0 aliphatic heterocycles. The summed E-state index contributed by atoms with van der Waals surface area (Å²) in [7, 11) is -7.79. The van der Waals surface area contributed by atoms with Crippen LogP contribution in [0.1, 0.15) is 41.8 Å². The van der Waals surface area contributed by atoms with Crippen molar-refractivity contribution in [1.29, 1.82) is 0 Å². The van der Waals surface area contributed by atoms with Gasteiger partial charge in [0, 0.05) is 34.3 Å². The first-order valence-electron chi connectivity index (χ1n) is 19.0. The molecule has 0 saturated heterocycles. The van der Waals surface area contributed by atoms with Gasteiger partial charge in [0.2, 0.25) is 0 Å². The number of fused-ring (bicyclic) bond motifs is 2. The first-order valence-corrected chi connectivity index (χ1v) is 21.9. The molecular formula is C43H30N6O18S2. The fraction of sp³-hybridized carbons (Fsp3) is 0.0465. The molecule has 0 fully saturated rings. The lowest BCUT2D eigenvalue weighted by Crippen LogP contribution is -2.19. The van der Waals surface area contributed by atoms with Crippen LogP contribution in [0.3, 0.4) is 0 Å². The molecule has 0 atom stereocenters. The van der Waals surface area contributed by atoms with Crippen LogP contribution in [0, 0.1) is 0 Å². The van der Waals surface area contributed by atoms with Gasteiger partial charge in [-0.05, 0) is 95.7 Å². The van der Waals surface area contributed by atoms with Crippen molar-refractivity contribution in [3.63, 3.8) is 0 Å². The average molecular weight is 983 g/mol. The molecule has 6 aromatic carbocycles. The highest BCUT2D eigenvalue weighted by Crippen LogP contribution is 2.44. The molecule has 0 spiro atoms. The fourth-order valence-electron chi connectivity index (χ4n) is 6.53. The highest BCUT2D eigenvalue weighted by atomic mass is 32.2. The lowest BCUT2D eigenvalue weighted by atomic mass is 10.1. The van der Waals surface area contributed by atoms with Gasteiger partial charge in [-0.1, -0.05) is 0 Å². The maximum atomic E-state index is 13.4. The Morgan fingerprint density at radius 1 is 0.551 bits per heavy atom. The van der Waals surface area contributed by atoms with E-state index >= 15 is 0 Å². The molecule has 1 aromatic heterocycles. The number of phenols is 2. The van der Waals surface area contributed by atoms with Crippen LogP contribution in [0.5, 0.6) is 23.0 Å². The van der Waals surface area contributed by atoms with Crippen LogP contribution >= 0.6 is 0 Å². The Hall–Kier alpha value is -9.11. The largest absolute Gasteiger partial charge is 0.505 e. The second-order valence-corrected chi connectivity index (χ2v) is 17.0. The number of hydrogen-bond donors (Lipinski definition) is 8. The highest BCUT2D eigenvalue weighted by Gasteiger charge is 2.25. The Labute approximate surface area is 385 Å². The monoisotopic (exact) mass is 982 g/mol. The summed E-state index contributed by atoms with van der Waals surface area (Å²) >= 11 is 0. The number of rotatable bonds is 14. The zero-order chi connectivity index (χ0) is 50.1. The van der Waals surface area contributed by atoms with Gasteiger partial charge in [-0.15, -0.1) is 20.5 Å². The van der Waals surface area contributed by atoms with Crippen LogP contribution in [-0.4, -0.2) is 84.3 Å². The van der Waals surface area contributed by atoms with Crippen molar-refractivity contribution in [3.05, 3.63) is 130 Å². The van der Waals surface area contributed by atoms with E-state index in [1.165, 1.54) is 74.9 Å². The molecule has 7 aromatic rings. The van der Waals surface area contributed by atoms with Gasteiger partial charge < -0.3 is 45.0 Å². The number of benzene rings is 6. The number of amides is 2. The van der Waals surface area contributed by atoms with Crippen molar-refractivity contribution >= 4 is 99.7 Å². The summed E-state index contributed by atoms with van der Waals surface area (Å²) in [4.78, 5) is 60.3. The number of carboxylic acids is 2. The third-order valence-corrected chi connectivity index (χ3v) is 11.5. The minimum atomic E-state index is -5.11. The molecule has 2 amide bonds. The number of nitrogens with one attached hydrogen (secondary N) is 2. The van der Waals surface area contributed by atoms with Crippen LogP contribution in [0.15, 0.2) is 137 Å². The van der Waals surface area contributed by atoms with Gasteiger partial charge >= 0.3 is 11.9 Å². The topological polar surface area (TPSA) is 380 Å². The minimum absolute atomic E-state index is 0.0418.